The van der Waals surface area contributed by atoms with Gasteiger partial charge in [0.05, 0.1) is 5.69 Å². The number of halogens is 1. The van der Waals surface area contributed by atoms with E-state index in [1.165, 1.54) is 19.3 Å². The molecule has 1 aromatic heterocycles. The van der Waals surface area contributed by atoms with Crippen molar-refractivity contribution in [3.8, 4) is 0 Å². The Balaban J connectivity index is 1.81. The van der Waals surface area contributed by atoms with Crippen LogP contribution >= 0.6 is 22.6 Å². The molecule has 98 valence electrons. The van der Waals surface area contributed by atoms with E-state index >= 15 is 0 Å². The fourth-order valence-electron chi connectivity index (χ4n) is 2.32. The van der Waals surface area contributed by atoms with Crippen LogP contribution in [0.25, 0.3) is 0 Å². The van der Waals surface area contributed by atoms with Crippen LogP contribution in [0.15, 0.2) is 42.6 Å². The monoisotopic (exact) mass is 366 g/mol. The maximum absolute atomic E-state index is 12.4. The van der Waals surface area contributed by atoms with Crippen LogP contribution in [0.3, 0.4) is 0 Å². The Bertz CT molecular complexity index is 602. The van der Waals surface area contributed by atoms with E-state index in [1.54, 1.807) is 0 Å². The van der Waals surface area contributed by atoms with E-state index < -0.39 is 0 Å². The number of rotatable bonds is 3. The predicted molar refractivity (Wildman–Crippen MR) is 84.4 cm³/mol. The van der Waals surface area contributed by atoms with Gasteiger partial charge >= 0.3 is 0 Å². The molecule has 0 atom stereocenters. The second-order valence-corrected chi connectivity index (χ2v) is 5.98. The van der Waals surface area contributed by atoms with Crippen LogP contribution in [0.4, 0.5) is 5.69 Å². The van der Waals surface area contributed by atoms with Crippen LogP contribution in [-0.4, -0.2) is 10.5 Å². The number of para-hydroxylation sites is 1. The van der Waals surface area contributed by atoms with Gasteiger partial charge in [-0.1, -0.05) is 12.1 Å². The summed E-state index contributed by atoms with van der Waals surface area (Å²) in [5.41, 5.74) is 1.62. The highest BCUT2D eigenvalue weighted by Gasteiger charge is 2.23. The van der Waals surface area contributed by atoms with Crippen molar-refractivity contribution in [3.63, 3.8) is 0 Å². The molecule has 1 saturated carbocycles. The summed E-state index contributed by atoms with van der Waals surface area (Å²) in [6.45, 7) is 0. The largest absolute Gasteiger partial charge is 0.340 e. The number of nitrogens with zero attached hydrogens (tertiary/aromatic N) is 1. The van der Waals surface area contributed by atoms with E-state index in [2.05, 4.69) is 32.5 Å². The Morgan fingerprint density at radius 1 is 1.21 bits per heavy atom. The zero-order chi connectivity index (χ0) is 13.2. The fraction of sp³-hybridized carbons (Fsp3) is 0.267. The summed E-state index contributed by atoms with van der Waals surface area (Å²) in [5.74, 6) is -0.0268. The summed E-state index contributed by atoms with van der Waals surface area (Å²) < 4.78 is 3.16. The first-order chi connectivity index (χ1) is 9.25. The second kappa shape index (κ2) is 5.36. The van der Waals surface area contributed by atoms with Crippen molar-refractivity contribution in [1.82, 2.24) is 4.57 Å². The summed E-state index contributed by atoms with van der Waals surface area (Å²) in [4.78, 5) is 12.4. The van der Waals surface area contributed by atoms with Crippen LogP contribution < -0.4 is 5.32 Å². The Morgan fingerprint density at radius 3 is 2.68 bits per heavy atom. The molecule has 1 amide bonds. The summed E-state index contributed by atoms with van der Waals surface area (Å²) in [6, 6.07) is 12.2. The average molecular weight is 366 g/mol. The second-order valence-electron chi connectivity index (χ2n) is 4.82. The molecule has 3 rings (SSSR count). The first-order valence-electron chi connectivity index (χ1n) is 6.48. The van der Waals surface area contributed by atoms with Crippen LogP contribution in [0, 0.1) is 3.57 Å². The van der Waals surface area contributed by atoms with Crippen LogP contribution in [-0.2, 0) is 0 Å². The highest BCUT2D eigenvalue weighted by atomic mass is 127. The van der Waals surface area contributed by atoms with E-state index in [4.69, 9.17) is 0 Å². The zero-order valence-electron chi connectivity index (χ0n) is 10.5. The number of aromatic nitrogens is 1. The van der Waals surface area contributed by atoms with Gasteiger partial charge in [0.15, 0.2) is 0 Å². The van der Waals surface area contributed by atoms with Crippen molar-refractivity contribution in [1.29, 1.82) is 0 Å². The zero-order valence-corrected chi connectivity index (χ0v) is 12.6. The Labute approximate surface area is 126 Å². The van der Waals surface area contributed by atoms with Gasteiger partial charge in [0.1, 0.15) is 5.69 Å². The normalized spacial score (nSPS) is 15.0. The van der Waals surface area contributed by atoms with Gasteiger partial charge in [-0.15, -0.1) is 0 Å². The first-order valence-corrected chi connectivity index (χ1v) is 7.56. The van der Waals surface area contributed by atoms with Gasteiger partial charge in [-0.3, -0.25) is 4.79 Å². The van der Waals surface area contributed by atoms with Crippen LogP contribution in [0.1, 0.15) is 35.8 Å². The molecule has 0 radical (unpaired) electrons. The number of carbonyl (C=O) groups excluding carboxylic acids is 1. The van der Waals surface area contributed by atoms with Gasteiger partial charge in [0.25, 0.3) is 5.91 Å². The number of anilines is 1. The summed E-state index contributed by atoms with van der Waals surface area (Å²) in [6.07, 6.45) is 5.63. The fourth-order valence-corrected chi connectivity index (χ4v) is 2.84. The Kier molecular flexibility index (Phi) is 3.59. The lowest BCUT2D eigenvalue weighted by atomic mass is 9.93. The molecule has 0 bridgehead atoms. The molecule has 1 fully saturated rings. The van der Waals surface area contributed by atoms with Crippen molar-refractivity contribution in [2.45, 2.75) is 25.3 Å². The van der Waals surface area contributed by atoms with Gasteiger partial charge in [0.2, 0.25) is 0 Å². The lowest BCUT2D eigenvalue weighted by Crippen LogP contribution is -2.23. The third kappa shape index (κ3) is 2.54. The third-order valence-electron chi connectivity index (χ3n) is 3.60. The van der Waals surface area contributed by atoms with Crippen molar-refractivity contribution < 1.29 is 4.79 Å². The van der Waals surface area contributed by atoms with E-state index in [1.807, 2.05) is 42.6 Å². The molecule has 1 aromatic carbocycles. The summed E-state index contributed by atoms with van der Waals surface area (Å²) in [7, 11) is 0. The molecule has 4 heteroatoms. The van der Waals surface area contributed by atoms with Crippen molar-refractivity contribution >= 4 is 34.2 Å². The first kappa shape index (κ1) is 12.7. The molecule has 1 heterocycles. The average Bonchev–Trinajstić information content (AvgIpc) is 2.79. The summed E-state index contributed by atoms with van der Waals surface area (Å²) in [5, 5.41) is 2.99. The SMILES string of the molecule is O=C(Nc1ccccc1I)c1cccn1C1CCC1. The number of hydrogen-bond acceptors (Lipinski definition) is 1. The van der Waals surface area contributed by atoms with Crippen molar-refractivity contribution in [3.05, 3.63) is 51.9 Å². The standard InChI is InChI=1S/C15H15IN2O/c16-12-7-1-2-8-13(12)17-15(19)14-9-4-10-18(14)11-5-3-6-11/h1-2,4,7-11H,3,5-6H2,(H,17,19). The smallest absolute Gasteiger partial charge is 0.272 e. The third-order valence-corrected chi connectivity index (χ3v) is 4.54. The van der Waals surface area contributed by atoms with E-state index in [0.29, 0.717) is 6.04 Å². The van der Waals surface area contributed by atoms with Gasteiger partial charge < -0.3 is 9.88 Å². The van der Waals surface area contributed by atoms with Crippen LogP contribution in [0.5, 0.6) is 0 Å². The molecule has 0 saturated heterocycles. The van der Waals surface area contributed by atoms with E-state index in [9.17, 15) is 4.79 Å². The molecular formula is C15H15IN2O. The number of hydrogen-bond donors (Lipinski definition) is 1. The van der Waals surface area contributed by atoms with Gasteiger partial charge in [0, 0.05) is 15.8 Å². The number of carbonyl (C=O) groups is 1. The molecule has 0 spiro atoms. The maximum atomic E-state index is 12.4. The molecule has 19 heavy (non-hydrogen) atoms. The molecule has 1 aliphatic rings. The molecule has 3 nitrogen and oxygen atoms in total. The van der Waals surface area contributed by atoms with Crippen molar-refractivity contribution in [2.75, 3.05) is 5.32 Å². The minimum absolute atomic E-state index is 0.0268. The number of nitrogens with one attached hydrogen (secondary N) is 1. The number of benzene rings is 1. The van der Waals surface area contributed by atoms with E-state index in [-0.39, 0.29) is 5.91 Å². The summed E-state index contributed by atoms with van der Waals surface area (Å²) >= 11 is 2.23. The molecular weight excluding hydrogens is 351 g/mol. The molecule has 1 aliphatic carbocycles. The molecule has 0 aliphatic heterocycles. The topological polar surface area (TPSA) is 34.0 Å². The van der Waals surface area contributed by atoms with Gasteiger partial charge in [-0.25, -0.2) is 0 Å². The Morgan fingerprint density at radius 2 is 2.00 bits per heavy atom. The van der Waals surface area contributed by atoms with Gasteiger partial charge in [-0.2, -0.15) is 0 Å². The quantitative estimate of drug-likeness (QED) is 0.817. The molecule has 1 N–H and O–H groups in total. The maximum Gasteiger partial charge on any atom is 0.272 e. The molecule has 0 unspecified atom stereocenters. The Hall–Kier alpha value is -1.30. The lowest BCUT2D eigenvalue weighted by molar-refractivity contribution is 0.101. The highest BCUT2D eigenvalue weighted by molar-refractivity contribution is 14.1. The minimum Gasteiger partial charge on any atom is -0.340 e. The minimum atomic E-state index is -0.0268. The van der Waals surface area contributed by atoms with E-state index in [0.717, 1.165) is 15.0 Å². The lowest BCUT2D eigenvalue weighted by Gasteiger charge is -2.28. The van der Waals surface area contributed by atoms with Crippen LogP contribution in [0.2, 0.25) is 0 Å². The van der Waals surface area contributed by atoms with Gasteiger partial charge in [-0.05, 0) is 66.1 Å². The van der Waals surface area contributed by atoms with Crippen molar-refractivity contribution in [2.24, 2.45) is 0 Å². The number of amides is 1. The highest BCUT2D eigenvalue weighted by Crippen LogP contribution is 2.33. The molecule has 2 aromatic rings. The predicted octanol–water partition coefficient (Wildman–Crippen LogP) is 4.07.